The molecule has 6 nitrogen and oxygen atoms in total. The van der Waals surface area contributed by atoms with E-state index in [1.165, 1.54) is 32.4 Å². The third-order valence-corrected chi connectivity index (χ3v) is 4.37. The average Bonchev–Trinajstić information content (AvgIpc) is 2.98. The van der Waals surface area contributed by atoms with E-state index in [4.69, 9.17) is 16.3 Å². The number of piperidine rings is 1. The van der Waals surface area contributed by atoms with Gasteiger partial charge in [0.1, 0.15) is 0 Å². The molecule has 21 heavy (non-hydrogen) atoms. The molecule has 0 aliphatic carbocycles. The van der Waals surface area contributed by atoms with Gasteiger partial charge in [-0.2, -0.15) is 15.0 Å². The van der Waals surface area contributed by atoms with Crippen molar-refractivity contribution >= 4 is 17.5 Å². The summed E-state index contributed by atoms with van der Waals surface area (Å²) >= 11 is 5.97. The van der Waals surface area contributed by atoms with E-state index in [9.17, 15) is 0 Å². The Morgan fingerprint density at radius 3 is 2.71 bits per heavy atom. The van der Waals surface area contributed by atoms with Crippen molar-refractivity contribution in [2.45, 2.75) is 38.6 Å². The van der Waals surface area contributed by atoms with Gasteiger partial charge in [0.2, 0.25) is 11.2 Å². The zero-order chi connectivity index (χ0) is 14.7. The first-order chi connectivity index (χ1) is 10.3. The van der Waals surface area contributed by atoms with E-state index in [-0.39, 0.29) is 5.28 Å². The Bertz CT molecular complexity index is 480. The smallest absolute Gasteiger partial charge is 0.322 e. The van der Waals surface area contributed by atoms with Crippen LogP contribution in [-0.4, -0.2) is 58.7 Å². The number of aromatic nitrogens is 3. The number of nitrogens with zero attached hydrogens (tertiary/aromatic N) is 5. The number of hydrogen-bond acceptors (Lipinski definition) is 6. The number of hydrogen-bond donors (Lipinski definition) is 0. The highest BCUT2D eigenvalue weighted by molar-refractivity contribution is 6.28. The highest BCUT2D eigenvalue weighted by Crippen LogP contribution is 2.24. The average molecular weight is 312 g/mol. The predicted molar refractivity (Wildman–Crippen MR) is 82.0 cm³/mol. The molecule has 2 aliphatic rings. The Labute approximate surface area is 130 Å². The molecular weight excluding hydrogens is 290 g/mol. The van der Waals surface area contributed by atoms with Crippen LogP contribution >= 0.6 is 11.6 Å². The van der Waals surface area contributed by atoms with Crippen LogP contribution in [-0.2, 0) is 0 Å². The van der Waals surface area contributed by atoms with E-state index in [0.717, 1.165) is 19.5 Å². The zero-order valence-corrected chi connectivity index (χ0v) is 13.2. The summed E-state index contributed by atoms with van der Waals surface area (Å²) in [5.74, 6) is 0.637. The second-order valence-electron chi connectivity index (χ2n) is 5.61. The fourth-order valence-corrected chi connectivity index (χ4v) is 3.31. The minimum absolute atomic E-state index is 0.199. The molecule has 7 heteroatoms. The number of halogens is 1. The van der Waals surface area contributed by atoms with Gasteiger partial charge in [0.25, 0.3) is 0 Å². The second-order valence-corrected chi connectivity index (χ2v) is 5.94. The lowest BCUT2D eigenvalue weighted by Gasteiger charge is -2.32. The van der Waals surface area contributed by atoms with Crippen molar-refractivity contribution in [1.29, 1.82) is 0 Å². The molecule has 0 saturated carbocycles. The quantitative estimate of drug-likeness (QED) is 0.847. The van der Waals surface area contributed by atoms with Crippen molar-refractivity contribution in [2.24, 2.45) is 0 Å². The van der Waals surface area contributed by atoms with E-state index in [2.05, 4.69) is 24.8 Å². The number of anilines is 1. The second kappa shape index (κ2) is 6.75. The molecule has 3 rings (SSSR count). The largest absolute Gasteiger partial charge is 0.464 e. The van der Waals surface area contributed by atoms with E-state index in [0.29, 0.717) is 24.6 Å². The molecule has 0 spiro atoms. The molecule has 2 fully saturated rings. The summed E-state index contributed by atoms with van der Waals surface area (Å²) in [6, 6.07) is 0.922. The lowest BCUT2D eigenvalue weighted by atomic mass is 10.1. The molecule has 1 aromatic rings. The van der Waals surface area contributed by atoms with Crippen molar-refractivity contribution < 1.29 is 4.74 Å². The first-order valence-electron chi connectivity index (χ1n) is 7.79. The molecule has 0 aromatic carbocycles. The molecule has 2 aliphatic heterocycles. The Kier molecular flexibility index (Phi) is 4.75. The summed E-state index contributed by atoms with van der Waals surface area (Å²) in [5.41, 5.74) is 0. The van der Waals surface area contributed by atoms with Gasteiger partial charge in [0, 0.05) is 19.1 Å². The highest BCUT2D eigenvalue weighted by Gasteiger charge is 2.30. The van der Waals surface area contributed by atoms with Gasteiger partial charge in [-0.1, -0.05) is 6.42 Å². The van der Waals surface area contributed by atoms with Gasteiger partial charge in [-0.05, 0) is 50.9 Å². The molecule has 3 heterocycles. The SMILES string of the molecule is CCOc1nc(Cl)nc(N2CCC(N3CCCCC3)C2)n1. The molecular formula is C14H22ClN5O. The van der Waals surface area contributed by atoms with Crippen molar-refractivity contribution in [2.75, 3.05) is 37.7 Å². The Balaban J connectivity index is 1.67. The van der Waals surface area contributed by atoms with Gasteiger partial charge < -0.3 is 9.64 Å². The van der Waals surface area contributed by atoms with Crippen LogP contribution < -0.4 is 9.64 Å². The van der Waals surface area contributed by atoms with Crippen LogP contribution in [0.15, 0.2) is 0 Å². The molecule has 0 amide bonds. The summed E-state index contributed by atoms with van der Waals surface area (Å²) in [4.78, 5) is 17.4. The standard InChI is InChI=1S/C14H22ClN5O/c1-2-21-14-17-12(15)16-13(18-14)20-9-6-11(10-20)19-7-4-3-5-8-19/h11H,2-10H2,1H3. The molecule has 0 radical (unpaired) electrons. The van der Waals surface area contributed by atoms with Crippen LogP contribution in [0.25, 0.3) is 0 Å². The summed E-state index contributed by atoms with van der Waals surface area (Å²) in [5, 5.41) is 0.199. The molecule has 0 bridgehead atoms. The summed E-state index contributed by atoms with van der Waals surface area (Å²) < 4.78 is 5.35. The van der Waals surface area contributed by atoms with E-state index in [1.54, 1.807) is 0 Å². The van der Waals surface area contributed by atoms with Crippen LogP contribution in [0.1, 0.15) is 32.6 Å². The third kappa shape index (κ3) is 3.55. The fourth-order valence-electron chi connectivity index (χ4n) is 3.16. The summed E-state index contributed by atoms with van der Waals surface area (Å²) in [6.45, 7) is 6.80. The predicted octanol–water partition coefficient (Wildman–Crippen LogP) is 1.99. The minimum atomic E-state index is 0.199. The van der Waals surface area contributed by atoms with Crippen molar-refractivity contribution in [3.8, 4) is 6.01 Å². The van der Waals surface area contributed by atoms with Gasteiger partial charge in [-0.15, -0.1) is 0 Å². The van der Waals surface area contributed by atoms with Crippen LogP contribution in [0.4, 0.5) is 5.95 Å². The first-order valence-corrected chi connectivity index (χ1v) is 8.17. The monoisotopic (exact) mass is 311 g/mol. The number of ether oxygens (including phenoxy) is 1. The van der Waals surface area contributed by atoms with Crippen molar-refractivity contribution in [3.05, 3.63) is 5.28 Å². The molecule has 116 valence electrons. The highest BCUT2D eigenvalue weighted by atomic mass is 35.5. The molecule has 1 aromatic heterocycles. The van der Waals surface area contributed by atoms with Crippen LogP contribution in [0.3, 0.4) is 0 Å². The Morgan fingerprint density at radius 1 is 1.14 bits per heavy atom. The van der Waals surface area contributed by atoms with Crippen LogP contribution in [0.2, 0.25) is 5.28 Å². The Morgan fingerprint density at radius 2 is 1.95 bits per heavy atom. The van der Waals surface area contributed by atoms with Crippen LogP contribution in [0, 0.1) is 0 Å². The zero-order valence-electron chi connectivity index (χ0n) is 12.5. The van der Waals surface area contributed by atoms with Gasteiger partial charge in [-0.25, -0.2) is 0 Å². The van der Waals surface area contributed by atoms with Crippen molar-refractivity contribution in [3.63, 3.8) is 0 Å². The van der Waals surface area contributed by atoms with Gasteiger partial charge in [0.05, 0.1) is 6.61 Å². The maximum atomic E-state index is 5.97. The molecule has 0 N–H and O–H groups in total. The maximum Gasteiger partial charge on any atom is 0.322 e. The minimum Gasteiger partial charge on any atom is -0.464 e. The van der Waals surface area contributed by atoms with Gasteiger partial charge in [-0.3, -0.25) is 4.90 Å². The summed E-state index contributed by atoms with van der Waals surface area (Å²) in [7, 11) is 0. The molecule has 1 atom stereocenters. The van der Waals surface area contributed by atoms with Gasteiger partial charge >= 0.3 is 6.01 Å². The van der Waals surface area contributed by atoms with Gasteiger partial charge in [0.15, 0.2) is 0 Å². The lowest BCUT2D eigenvalue weighted by Crippen LogP contribution is -2.41. The number of likely N-dealkylation sites (tertiary alicyclic amines) is 1. The fraction of sp³-hybridized carbons (Fsp3) is 0.786. The van der Waals surface area contributed by atoms with E-state index in [1.807, 2.05) is 6.92 Å². The normalized spacial score (nSPS) is 23.5. The third-order valence-electron chi connectivity index (χ3n) is 4.20. The van der Waals surface area contributed by atoms with Crippen molar-refractivity contribution in [1.82, 2.24) is 19.9 Å². The van der Waals surface area contributed by atoms with E-state index >= 15 is 0 Å². The van der Waals surface area contributed by atoms with E-state index < -0.39 is 0 Å². The Hall–Kier alpha value is -1.14. The lowest BCUT2D eigenvalue weighted by molar-refractivity contribution is 0.174. The molecule has 2 saturated heterocycles. The topological polar surface area (TPSA) is 54.4 Å². The molecule has 1 unspecified atom stereocenters. The van der Waals surface area contributed by atoms with Crippen LogP contribution in [0.5, 0.6) is 6.01 Å². The summed E-state index contributed by atoms with van der Waals surface area (Å²) in [6.07, 6.45) is 5.17. The number of rotatable bonds is 4. The first kappa shape index (κ1) is 14.8. The maximum absolute atomic E-state index is 5.97.